The van der Waals surface area contributed by atoms with Crippen molar-refractivity contribution in [2.24, 2.45) is 0 Å². The van der Waals surface area contributed by atoms with Crippen LogP contribution in [0.2, 0.25) is 0 Å². The third-order valence-corrected chi connectivity index (χ3v) is 2.35. The predicted molar refractivity (Wildman–Crippen MR) is 66.6 cm³/mol. The molecule has 1 aliphatic heterocycles. The van der Waals surface area contributed by atoms with E-state index < -0.39 is 0 Å². The van der Waals surface area contributed by atoms with Crippen LogP contribution in [0.25, 0.3) is 0 Å². The van der Waals surface area contributed by atoms with E-state index in [0.717, 1.165) is 24.3 Å². The van der Waals surface area contributed by atoms with Gasteiger partial charge in [0.05, 0.1) is 6.54 Å². The fourth-order valence-electron chi connectivity index (χ4n) is 1.54. The molecule has 1 N–H and O–H groups in total. The van der Waals surface area contributed by atoms with Crippen LogP contribution in [0.15, 0.2) is 18.2 Å². The van der Waals surface area contributed by atoms with E-state index in [1.54, 1.807) is 4.90 Å². The molecule has 1 amide bonds. The van der Waals surface area contributed by atoms with Crippen molar-refractivity contribution in [2.45, 2.75) is 20.8 Å². The molecule has 0 bridgehead atoms. The summed E-state index contributed by atoms with van der Waals surface area (Å²) in [5, 5.41) is 3.04. The molecule has 1 heterocycles. The minimum atomic E-state index is 0. The molecule has 1 aromatic rings. The van der Waals surface area contributed by atoms with Gasteiger partial charge in [-0.05, 0) is 0 Å². The smallest absolute Gasteiger partial charge is 0.230 e. The minimum absolute atomic E-state index is 0. The molecule has 3 nitrogen and oxygen atoms in total. The summed E-state index contributed by atoms with van der Waals surface area (Å²) >= 11 is 0. The number of benzene rings is 1. The molecular formula is C13H19N2OY-. The van der Waals surface area contributed by atoms with Crippen molar-refractivity contribution in [3.8, 4) is 0 Å². The van der Waals surface area contributed by atoms with Crippen LogP contribution in [-0.4, -0.2) is 25.5 Å². The maximum absolute atomic E-state index is 11.5. The van der Waals surface area contributed by atoms with Crippen molar-refractivity contribution in [3.05, 3.63) is 29.8 Å². The number of rotatable bonds is 1. The average molecular weight is 308 g/mol. The summed E-state index contributed by atoms with van der Waals surface area (Å²) in [5.41, 5.74) is 2.04. The third kappa shape index (κ3) is 4.86. The number of piperazine rings is 1. The maximum Gasteiger partial charge on any atom is 0.230 e. The number of carbonyl (C=O) groups is 1. The van der Waals surface area contributed by atoms with Gasteiger partial charge in [-0.1, -0.05) is 26.5 Å². The molecule has 1 aliphatic rings. The van der Waals surface area contributed by atoms with Gasteiger partial charge in [-0.2, -0.15) is 23.8 Å². The van der Waals surface area contributed by atoms with Crippen molar-refractivity contribution in [3.63, 3.8) is 0 Å². The van der Waals surface area contributed by atoms with Crippen LogP contribution in [0.4, 0.5) is 5.69 Å². The Morgan fingerprint density at radius 3 is 2.59 bits per heavy atom. The quantitative estimate of drug-likeness (QED) is 0.802. The minimum Gasteiger partial charge on any atom is -0.364 e. The van der Waals surface area contributed by atoms with Crippen LogP contribution < -0.4 is 10.2 Å². The first-order valence-electron chi connectivity index (χ1n) is 5.77. The Morgan fingerprint density at radius 1 is 1.35 bits per heavy atom. The molecule has 0 spiro atoms. The fraction of sp³-hybridized carbons (Fsp3) is 0.462. The van der Waals surface area contributed by atoms with Gasteiger partial charge < -0.3 is 10.2 Å². The molecule has 1 aromatic carbocycles. The molecule has 91 valence electrons. The molecule has 0 aliphatic carbocycles. The number of carbonyl (C=O) groups excluding carboxylic acids is 1. The maximum atomic E-state index is 11.5. The summed E-state index contributed by atoms with van der Waals surface area (Å²) in [5.74, 6) is 0.133. The molecule has 17 heavy (non-hydrogen) atoms. The summed E-state index contributed by atoms with van der Waals surface area (Å²) in [6, 6.07) is 8.92. The zero-order valence-corrected chi connectivity index (χ0v) is 13.6. The Kier molecular flexibility index (Phi) is 8.66. The monoisotopic (exact) mass is 308 g/mol. The molecule has 0 unspecified atom stereocenters. The average Bonchev–Trinajstić information content (AvgIpc) is 2.34. The number of hydrogen-bond acceptors (Lipinski definition) is 2. The van der Waals surface area contributed by atoms with E-state index in [9.17, 15) is 4.79 Å². The Balaban J connectivity index is 0.000000811. The van der Waals surface area contributed by atoms with Gasteiger partial charge in [0, 0.05) is 45.8 Å². The number of hydrogen-bond donors (Lipinski definition) is 1. The van der Waals surface area contributed by atoms with Crippen molar-refractivity contribution in [2.75, 3.05) is 24.5 Å². The van der Waals surface area contributed by atoms with Crippen molar-refractivity contribution < 1.29 is 37.5 Å². The van der Waals surface area contributed by atoms with Gasteiger partial charge in [0.2, 0.25) is 5.91 Å². The van der Waals surface area contributed by atoms with E-state index in [0.29, 0.717) is 6.54 Å². The summed E-state index contributed by atoms with van der Waals surface area (Å²) < 4.78 is 0. The number of anilines is 1. The molecule has 1 saturated heterocycles. The van der Waals surface area contributed by atoms with Gasteiger partial charge in [-0.25, -0.2) is 0 Å². The van der Waals surface area contributed by atoms with E-state index in [1.165, 1.54) is 0 Å². The first-order chi connectivity index (χ1) is 7.77. The van der Waals surface area contributed by atoms with Gasteiger partial charge in [-0.15, -0.1) is 6.07 Å². The van der Waals surface area contributed by atoms with Gasteiger partial charge in [0.25, 0.3) is 0 Å². The second kappa shape index (κ2) is 8.79. The SMILES string of the molecule is CC.Cc1[c-]cc(N2CCNCC2=O)cc1.[Y]. The van der Waals surface area contributed by atoms with Crippen LogP contribution in [-0.2, 0) is 37.5 Å². The predicted octanol–water partition coefficient (Wildman–Crippen LogP) is 1.76. The zero-order valence-electron chi connectivity index (χ0n) is 10.8. The molecule has 1 radical (unpaired) electrons. The zero-order chi connectivity index (χ0) is 12.0. The topological polar surface area (TPSA) is 32.3 Å². The van der Waals surface area contributed by atoms with Gasteiger partial charge >= 0.3 is 0 Å². The van der Waals surface area contributed by atoms with E-state index in [4.69, 9.17) is 0 Å². The summed E-state index contributed by atoms with van der Waals surface area (Å²) in [6.07, 6.45) is 0. The molecule has 2 rings (SSSR count). The number of nitrogens with zero attached hydrogens (tertiary/aromatic N) is 1. The number of amides is 1. The summed E-state index contributed by atoms with van der Waals surface area (Å²) in [6.45, 7) is 8.03. The van der Waals surface area contributed by atoms with E-state index in [-0.39, 0.29) is 38.6 Å². The Bertz CT molecular complexity index is 338. The summed E-state index contributed by atoms with van der Waals surface area (Å²) in [7, 11) is 0. The summed E-state index contributed by atoms with van der Waals surface area (Å²) in [4.78, 5) is 13.3. The van der Waals surface area contributed by atoms with Crippen LogP contribution in [0.1, 0.15) is 19.4 Å². The van der Waals surface area contributed by atoms with Gasteiger partial charge in [-0.3, -0.25) is 4.79 Å². The van der Waals surface area contributed by atoms with E-state index in [1.807, 2.05) is 39.0 Å². The molecule has 0 saturated carbocycles. The second-order valence-electron chi connectivity index (χ2n) is 3.45. The largest absolute Gasteiger partial charge is 0.364 e. The number of aryl methyl sites for hydroxylation is 1. The van der Waals surface area contributed by atoms with Gasteiger partial charge in [0.1, 0.15) is 0 Å². The van der Waals surface area contributed by atoms with Crippen molar-refractivity contribution >= 4 is 11.6 Å². The molecule has 4 heteroatoms. The van der Waals surface area contributed by atoms with Crippen LogP contribution in [0, 0.1) is 13.0 Å². The third-order valence-electron chi connectivity index (χ3n) is 2.35. The Labute approximate surface area is 129 Å². The van der Waals surface area contributed by atoms with E-state index >= 15 is 0 Å². The fourth-order valence-corrected chi connectivity index (χ4v) is 1.54. The number of nitrogens with one attached hydrogen (secondary N) is 1. The second-order valence-corrected chi connectivity index (χ2v) is 3.45. The van der Waals surface area contributed by atoms with Gasteiger partial charge in [0.15, 0.2) is 0 Å². The van der Waals surface area contributed by atoms with Crippen LogP contribution >= 0.6 is 0 Å². The van der Waals surface area contributed by atoms with Crippen molar-refractivity contribution in [1.29, 1.82) is 0 Å². The normalized spacial score (nSPS) is 14.5. The first kappa shape index (κ1) is 16.8. The van der Waals surface area contributed by atoms with Crippen LogP contribution in [0.5, 0.6) is 0 Å². The van der Waals surface area contributed by atoms with Crippen LogP contribution in [0.3, 0.4) is 0 Å². The van der Waals surface area contributed by atoms with Crippen molar-refractivity contribution in [1.82, 2.24) is 5.32 Å². The first-order valence-corrected chi connectivity index (χ1v) is 5.77. The molecule has 0 atom stereocenters. The molecular weight excluding hydrogens is 289 g/mol. The standard InChI is InChI=1S/C11H13N2O.C2H6.Y/c1-9-2-4-10(5-3-9)13-7-6-12-8-11(13)14;1-2;/h2,4-5,12H,6-8H2,1H3;1-2H3;/q-1;;. The molecule has 1 fully saturated rings. The molecule has 0 aromatic heterocycles. The Hall–Kier alpha value is -0.246. The Morgan fingerprint density at radius 2 is 2.06 bits per heavy atom. The van der Waals surface area contributed by atoms with E-state index in [2.05, 4.69) is 11.4 Å².